The lowest BCUT2D eigenvalue weighted by atomic mass is 9.86. The molecular formula is C21H25ClF3N3O4. The van der Waals surface area contributed by atoms with Crippen molar-refractivity contribution in [3.05, 3.63) is 48.2 Å². The Balaban J connectivity index is 0.000000303. The van der Waals surface area contributed by atoms with Crippen molar-refractivity contribution < 1.29 is 31.9 Å². The van der Waals surface area contributed by atoms with E-state index < -0.39 is 6.36 Å². The molecule has 0 radical (unpaired) electrons. The molecule has 0 spiro atoms. The third-order valence-electron chi connectivity index (χ3n) is 4.51. The van der Waals surface area contributed by atoms with E-state index in [1.54, 1.807) is 24.3 Å². The molecular weight excluding hydrogens is 451 g/mol. The molecule has 32 heavy (non-hydrogen) atoms. The lowest BCUT2D eigenvalue weighted by Gasteiger charge is -2.25. The lowest BCUT2D eigenvalue weighted by Crippen LogP contribution is -2.36. The van der Waals surface area contributed by atoms with E-state index >= 15 is 0 Å². The van der Waals surface area contributed by atoms with Gasteiger partial charge in [-0.3, -0.25) is 9.53 Å². The summed E-state index contributed by atoms with van der Waals surface area (Å²) in [5.41, 5.74) is 0.670. The maximum Gasteiger partial charge on any atom is 0.522 e. The minimum atomic E-state index is -4.43. The number of carbonyl (C=O) groups is 1. The molecule has 1 aliphatic rings. The molecule has 0 bridgehead atoms. The third-order valence-corrected chi connectivity index (χ3v) is 4.77. The molecule has 1 aromatic heterocycles. The average molecular weight is 476 g/mol. The molecule has 7 nitrogen and oxygen atoms in total. The zero-order valence-electron chi connectivity index (χ0n) is 17.5. The Hall–Kier alpha value is -2.59. The number of aromatic nitrogens is 2. The smallest absolute Gasteiger partial charge is 0.484 e. The molecule has 1 aliphatic carbocycles. The monoisotopic (exact) mass is 475 g/mol. The number of hydrogen-bond acceptors (Lipinski definition) is 6. The van der Waals surface area contributed by atoms with Gasteiger partial charge in [0.15, 0.2) is 6.61 Å². The van der Waals surface area contributed by atoms with Gasteiger partial charge in [0.1, 0.15) is 5.75 Å². The largest absolute Gasteiger partial charge is 0.522 e. The molecule has 0 saturated heterocycles. The fourth-order valence-electron chi connectivity index (χ4n) is 2.70. The number of amides is 1. The number of hydrogen-bond donors (Lipinski definition) is 1. The van der Waals surface area contributed by atoms with Crippen LogP contribution in [0.3, 0.4) is 0 Å². The number of benzene rings is 1. The van der Waals surface area contributed by atoms with E-state index in [0.717, 1.165) is 19.3 Å². The van der Waals surface area contributed by atoms with Gasteiger partial charge in [-0.05, 0) is 56.4 Å². The van der Waals surface area contributed by atoms with E-state index in [4.69, 9.17) is 20.8 Å². The summed E-state index contributed by atoms with van der Waals surface area (Å²) in [6.45, 7) is 5.50. The lowest BCUT2D eigenvalue weighted by molar-refractivity contribution is -0.330. The summed E-state index contributed by atoms with van der Waals surface area (Å²) in [7, 11) is 0. The molecule has 1 amide bonds. The first-order valence-electron chi connectivity index (χ1n) is 9.95. The minimum absolute atomic E-state index is 0.0704. The van der Waals surface area contributed by atoms with E-state index in [1.807, 2.05) is 6.92 Å². The second kappa shape index (κ2) is 12.4. The van der Waals surface area contributed by atoms with E-state index in [-0.39, 0.29) is 31.1 Å². The minimum Gasteiger partial charge on any atom is -0.484 e. The second-order valence-corrected chi connectivity index (χ2v) is 7.75. The zero-order chi connectivity index (χ0) is 23.6. The van der Waals surface area contributed by atoms with Crippen LogP contribution in [-0.4, -0.2) is 41.7 Å². The third kappa shape index (κ3) is 10.1. The van der Waals surface area contributed by atoms with E-state index in [1.165, 1.54) is 6.39 Å². The van der Waals surface area contributed by atoms with E-state index in [9.17, 15) is 18.0 Å². The molecule has 176 valence electrons. The molecule has 1 unspecified atom stereocenters. The van der Waals surface area contributed by atoms with Gasteiger partial charge in [0.25, 0.3) is 5.91 Å². The highest BCUT2D eigenvalue weighted by Crippen LogP contribution is 2.29. The quantitative estimate of drug-likeness (QED) is 0.547. The first-order chi connectivity index (χ1) is 15.1. The molecule has 0 aliphatic heterocycles. The average Bonchev–Trinajstić information content (AvgIpc) is 3.21. The summed E-state index contributed by atoms with van der Waals surface area (Å²) in [6, 6.07) is 6.69. The van der Waals surface area contributed by atoms with Gasteiger partial charge in [0, 0.05) is 16.6 Å². The molecule has 1 fully saturated rings. The predicted molar refractivity (Wildman–Crippen MR) is 112 cm³/mol. The van der Waals surface area contributed by atoms with Crippen molar-refractivity contribution in [1.82, 2.24) is 15.5 Å². The van der Waals surface area contributed by atoms with Crippen molar-refractivity contribution in [2.24, 2.45) is 5.92 Å². The number of nitrogens with one attached hydrogen (secondary N) is 1. The van der Waals surface area contributed by atoms with E-state index in [0.29, 0.717) is 28.7 Å². The van der Waals surface area contributed by atoms with Gasteiger partial charge in [-0.15, -0.1) is 23.4 Å². The summed E-state index contributed by atoms with van der Waals surface area (Å²) in [6.07, 6.45) is 0.131. The van der Waals surface area contributed by atoms with Crippen LogP contribution < -0.4 is 10.1 Å². The first kappa shape index (κ1) is 25.7. The number of halogens is 4. The van der Waals surface area contributed by atoms with Gasteiger partial charge < -0.3 is 14.5 Å². The fraction of sp³-hybridized carbons (Fsp3) is 0.476. The number of alkyl halides is 3. The number of carbonyl (C=O) groups excluding carboxylic acids is 1. The topological polar surface area (TPSA) is 86.5 Å². The van der Waals surface area contributed by atoms with E-state index in [2.05, 4.69) is 26.8 Å². The summed E-state index contributed by atoms with van der Waals surface area (Å²) < 4.78 is 48.1. The summed E-state index contributed by atoms with van der Waals surface area (Å²) in [5.74, 6) is 0.892. The Morgan fingerprint density at radius 1 is 1.34 bits per heavy atom. The van der Waals surface area contributed by atoms with Crippen molar-refractivity contribution in [2.75, 3.05) is 13.2 Å². The molecule has 3 rings (SSSR count). The van der Waals surface area contributed by atoms with Crippen LogP contribution >= 0.6 is 11.6 Å². The highest BCUT2D eigenvalue weighted by molar-refractivity contribution is 6.30. The van der Waals surface area contributed by atoms with Gasteiger partial charge in [-0.2, -0.15) is 0 Å². The van der Waals surface area contributed by atoms with Gasteiger partial charge in [-0.1, -0.05) is 24.6 Å². The Morgan fingerprint density at radius 2 is 2.03 bits per heavy atom. The maximum absolute atomic E-state index is 11.8. The van der Waals surface area contributed by atoms with Crippen LogP contribution in [0.15, 0.2) is 41.7 Å². The number of rotatable bonds is 9. The van der Waals surface area contributed by atoms with Crippen molar-refractivity contribution in [1.29, 1.82) is 0 Å². The Kier molecular flexibility index (Phi) is 9.98. The fourth-order valence-corrected chi connectivity index (χ4v) is 2.83. The van der Waals surface area contributed by atoms with Crippen LogP contribution in [0, 0.1) is 5.92 Å². The Bertz CT molecular complexity index is 841. The van der Waals surface area contributed by atoms with Crippen LogP contribution in [0.1, 0.15) is 38.5 Å². The van der Waals surface area contributed by atoms with Gasteiger partial charge in [-0.25, -0.2) is 0 Å². The van der Waals surface area contributed by atoms with Gasteiger partial charge in [0.05, 0.1) is 6.61 Å². The standard InChI is InChI=1S/C15H16ClN3O3.C6H9F3O/c1-10(15-19-17-9-22-15)7-11(2)18-14(20)8-21-13-5-3-12(16)4-6-13;7-6(8,9)10-4-5-2-1-3-5/h3-6,9,11H,1,7-8H2,2H3,(H,18,20);5H,1-4H2. The molecule has 1 N–H and O–H groups in total. The van der Waals surface area contributed by atoms with Crippen LogP contribution in [0.4, 0.5) is 13.2 Å². The van der Waals surface area contributed by atoms with Crippen LogP contribution in [0.2, 0.25) is 5.02 Å². The van der Waals surface area contributed by atoms with Crippen LogP contribution in [0.5, 0.6) is 5.75 Å². The van der Waals surface area contributed by atoms with Crippen molar-refractivity contribution in [2.45, 2.75) is 45.0 Å². The van der Waals surface area contributed by atoms with Gasteiger partial charge >= 0.3 is 6.36 Å². The highest BCUT2D eigenvalue weighted by atomic mass is 35.5. The summed E-state index contributed by atoms with van der Waals surface area (Å²) in [4.78, 5) is 11.8. The molecule has 1 aromatic carbocycles. The number of ether oxygens (including phenoxy) is 2. The maximum atomic E-state index is 11.8. The summed E-state index contributed by atoms with van der Waals surface area (Å²) in [5, 5.41) is 10.8. The highest BCUT2D eigenvalue weighted by Gasteiger charge is 2.31. The van der Waals surface area contributed by atoms with Gasteiger partial charge in [0.2, 0.25) is 12.3 Å². The first-order valence-corrected chi connectivity index (χ1v) is 10.3. The summed E-state index contributed by atoms with van der Waals surface area (Å²) >= 11 is 5.77. The predicted octanol–water partition coefficient (Wildman–Crippen LogP) is 5.03. The Labute approximate surface area is 188 Å². The normalized spacial score (nSPS) is 14.5. The number of nitrogens with zero attached hydrogens (tertiary/aromatic N) is 2. The van der Waals surface area contributed by atoms with Crippen LogP contribution in [-0.2, 0) is 9.53 Å². The van der Waals surface area contributed by atoms with Crippen molar-refractivity contribution in [3.8, 4) is 5.75 Å². The zero-order valence-corrected chi connectivity index (χ0v) is 18.3. The Morgan fingerprint density at radius 3 is 2.56 bits per heavy atom. The molecule has 11 heteroatoms. The van der Waals surface area contributed by atoms with Crippen molar-refractivity contribution >= 4 is 23.1 Å². The molecule has 2 aromatic rings. The SMILES string of the molecule is C=C(CC(C)NC(=O)COc1ccc(Cl)cc1)c1nnco1.FC(F)(F)OCC1CCC1. The van der Waals surface area contributed by atoms with Crippen LogP contribution in [0.25, 0.3) is 5.57 Å². The van der Waals surface area contributed by atoms with Crippen molar-refractivity contribution in [3.63, 3.8) is 0 Å². The molecule has 1 saturated carbocycles. The molecule has 1 atom stereocenters. The molecule has 1 heterocycles. The second-order valence-electron chi connectivity index (χ2n) is 7.32.